The molecule has 0 spiro atoms. The van der Waals surface area contributed by atoms with Crippen LogP contribution in [0.15, 0.2) is 12.1 Å². The van der Waals surface area contributed by atoms with Gasteiger partial charge < -0.3 is 21.1 Å². The molecule has 4 nitrogen and oxygen atoms in total. The second-order valence-corrected chi connectivity index (χ2v) is 3.09. The molecule has 6 heteroatoms. The Kier molecular flexibility index (Phi) is 3.57. The van der Waals surface area contributed by atoms with Crippen LogP contribution in [0.2, 0.25) is 0 Å². The van der Waals surface area contributed by atoms with Crippen LogP contribution in [-0.2, 0) is 0 Å². The second-order valence-electron chi connectivity index (χ2n) is 3.09. The molecule has 1 aromatic carbocycles. The Morgan fingerprint density at radius 1 is 1.20 bits per heavy atom. The highest BCUT2D eigenvalue weighted by Gasteiger charge is 2.22. The number of rotatable bonds is 3. The summed E-state index contributed by atoms with van der Waals surface area (Å²) >= 11 is 0. The Balaban J connectivity index is 3.09. The fourth-order valence-corrected chi connectivity index (χ4v) is 1.11. The van der Waals surface area contributed by atoms with E-state index in [9.17, 15) is 13.9 Å². The van der Waals surface area contributed by atoms with Gasteiger partial charge in [-0.05, 0) is 6.07 Å². The maximum absolute atomic E-state index is 13.2. The average Bonchev–Trinajstić information content (AvgIpc) is 2.21. The number of hydrogen-bond acceptors (Lipinski definition) is 4. The highest BCUT2D eigenvalue weighted by Crippen LogP contribution is 2.24. The molecule has 0 radical (unpaired) electrons. The standard InChI is InChI=1S/C9H11F2NO3/c10-5-2-7(12)6(11)1-4(5)9(15)8(14)3-13/h1-2,8-9,13-15H,3,12H2. The van der Waals surface area contributed by atoms with Gasteiger partial charge in [0.15, 0.2) is 0 Å². The lowest BCUT2D eigenvalue weighted by molar-refractivity contribution is -0.0169. The fraction of sp³-hybridized carbons (Fsp3) is 0.333. The van der Waals surface area contributed by atoms with Gasteiger partial charge in [-0.1, -0.05) is 0 Å². The summed E-state index contributed by atoms with van der Waals surface area (Å²) in [5.41, 5.74) is 4.26. The van der Waals surface area contributed by atoms with Gasteiger partial charge in [-0.25, -0.2) is 8.78 Å². The van der Waals surface area contributed by atoms with Crippen molar-refractivity contribution in [2.24, 2.45) is 0 Å². The van der Waals surface area contributed by atoms with E-state index in [4.69, 9.17) is 15.9 Å². The van der Waals surface area contributed by atoms with E-state index < -0.39 is 36.0 Å². The lowest BCUT2D eigenvalue weighted by Gasteiger charge is -2.16. The smallest absolute Gasteiger partial charge is 0.146 e. The van der Waals surface area contributed by atoms with E-state index in [1.54, 1.807) is 0 Å². The number of aliphatic hydroxyl groups is 3. The third-order valence-corrected chi connectivity index (χ3v) is 1.99. The number of nitrogens with two attached hydrogens (primary N) is 1. The number of benzene rings is 1. The molecular formula is C9H11F2NO3. The van der Waals surface area contributed by atoms with Crippen molar-refractivity contribution in [1.82, 2.24) is 0 Å². The predicted molar refractivity (Wildman–Crippen MR) is 48.8 cm³/mol. The van der Waals surface area contributed by atoms with Gasteiger partial charge in [0.05, 0.1) is 12.3 Å². The molecular weight excluding hydrogens is 208 g/mol. The molecule has 2 unspecified atom stereocenters. The van der Waals surface area contributed by atoms with E-state index in [2.05, 4.69) is 0 Å². The van der Waals surface area contributed by atoms with Gasteiger partial charge in [0.1, 0.15) is 23.8 Å². The molecule has 0 aliphatic carbocycles. The molecule has 0 aliphatic heterocycles. The van der Waals surface area contributed by atoms with Crippen molar-refractivity contribution < 1.29 is 24.1 Å². The summed E-state index contributed by atoms with van der Waals surface area (Å²) in [6.45, 7) is -0.757. The van der Waals surface area contributed by atoms with Gasteiger partial charge in [0.25, 0.3) is 0 Å². The van der Waals surface area contributed by atoms with E-state index in [0.29, 0.717) is 12.1 Å². The Bertz CT molecular complexity index is 359. The minimum Gasteiger partial charge on any atom is -0.396 e. The third-order valence-electron chi connectivity index (χ3n) is 1.99. The topological polar surface area (TPSA) is 86.7 Å². The summed E-state index contributed by atoms with van der Waals surface area (Å²) in [5.74, 6) is -1.83. The summed E-state index contributed by atoms with van der Waals surface area (Å²) in [6, 6.07) is 1.40. The summed E-state index contributed by atoms with van der Waals surface area (Å²) in [6.07, 6.45) is -3.26. The van der Waals surface area contributed by atoms with E-state index >= 15 is 0 Å². The molecule has 0 saturated carbocycles. The highest BCUT2D eigenvalue weighted by molar-refractivity contribution is 5.43. The Morgan fingerprint density at radius 3 is 2.33 bits per heavy atom. The molecule has 0 amide bonds. The van der Waals surface area contributed by atoms with Gasteiger partial charge in [0, 0.05) is 11.6 Å². The van der Waals surface area contributed by atoms with E-state index in [-0.39, 0.29) is 5.69 Å². The zero-order chi connectivity index (χ0) is 11.6. The Labute approximate surface area is 84.6 Å². The minimum absolute atomic E-state index is 0.387. The normalized spacial score (nSPS) is 15.0. The molecule has 5 N–H and O–H groups in total. The van der Waals surface area contributed by atoms with Crippen LogP contribution >= 0.6 is 0 Å². The highest BCUT2D eigenvalue weighted by atomic mass is 19.1. The minimum atomic E-state index is -1.69. The lowest BCUT2D eigenvalue weighted by Crippen LogP contribution is -2.23. The SMILES string of the molecule is Nc1cc(F)c(C(O)C(O)CO)cc1F. The summed E-state index contributed by atoms with van der Waals surface area (Å²) < 4.78 is 26.1. The van der Waals surface area contributed by atoms with Crippen molar-refractivity contribution in [2.75, 3.05) is 12.3 Å². The van der Waals surface area contributed by atoms with E-state index in [0.717, 1.165) is 0 Å². The molecule has 1 aromatic rings. The molecule has 1 rings (SSSR count). The zero-order valence-electron chi connectivity index (χ0n) is 7.69. The number of anilines is 1. The summed E-state index contributed by atoms with van der Waals surface area (Å²) in [4.78, 5) is 0. The largest absolute Gasteiger partial charge is 0.396 e. The van der Waals surface area contributed by atoms with Crippen LogP contribution in [0.25, 0.3) is 0 Å². The maximum atomic E-state index is 13.2. The maximum Gasteiger partial charge on any atom is 0.146 e. The van der Waals surface area contributed by atoms with Crippen LogP contribution in [0, 0.1) is 11.6 Å². The first-order chi connectivity index (χ1) is 6.97. The Hall–Kier alpha value is -1.24. The average molecular weight is 219 g/mol. The predicted octanol–water partition coefficient (Wildman–Crippen LogP) is -0.0664. The third kappa shape index (κ3) is 2.41. The van der Waals surface area contributed by atoms with Crippen molar-refractivity contribution in [3.63, 3.8) is 0 Å². The fourth-order valence-electron chi connectivity index (χ4n) is 1.11. The quantitative estimate of drug-likeness (QED) is 0.536. The lowest BCUT2D eigenvalue weighted by atomic mass is 10.0. The van der Waals surface area contributed by atoms with Crippen LogP contribution in [-0.4, -0.2) is 28.0 Å². The van der Waals surface area contributed by atoms with E-state index in [1.807, 2.05) is 0 Å². The molecule has 0 fully saturated rings. The molecule has 84 valence electrons. The van der Waals surface area contributed by atoms with Crippen LogP contribution < -0.4 is 5.73 Å². The number of nitrogen functional groups attached to an aromatic ring is 1. The first-order valence-corrected chi connectivity index (χ1v) is 4.18. The van der Waals surface area contributed by atoms with Crippen molar-refractivity contribution in [2.45, 2.75) is 12.2 Å². The monoisotopic (exact) mass is 219 g/mol. The van der Waals surface area contributed by atoms with Gasteiger partial charge in [-0.2, -0.15) is 0 Å². The first kappa shape index (κ1) is 11.8. The van der Waals surface area contributed by atoms with Crippen molar-refractivity contribution >= 4 is 5.69 Å². The molecule has 2 atom stereocenters. The molecule has 0 saturated heterocycles. The Morgan fingerprint density at radius 2 is 1.80 bits per heavy atom. The van der Waals surface area contributed by atoms with Crippen LogP contribution in [0.3, 0.4) is 0 Å². The molecule has 15 heavy (non-hydrogen) atoms. The number of halogens is 2. The van der Waals surface area contributed by atoms with Crippen molar-refractivity contribution in [3.8, 4) is 0 Å². The van der Waals surface area contributed by atoms with Crippen LogP contribution in [0.5, 0.6) is 0 Å². The van der Waals surface area contributed by atoms with Gasteiger partial charge in [0.2, 0.25) is 0 Å². The van der Waals surface area contributed by atoms with Crippen molar-refractivity contribution in [3.05, 3.63) is 29.3 Å². The van der Waals surface area contributed by atoms with E-state index in [1.165, 1.54) is 0 Å². The number of hydrogen-bond donors (Lipinski definition) is 4. The summed E-state index contributed by atoms with van der Waals surface area (Å²) in [7, 11) is 0. The van der Waals surface area contributed by atoms with Gasteiger partial charge in [-0.15, -0.1) is 0 Å². The second kappa shape index (κ2) is 4.52. The molecule has 0 bridgehead atoms. The molecule has 0 aliphatic rings. The summed E-state index contributed by atoms with van der Waals surface area (Å²) in [5, 5.41) is 26.9. The van der Waals surface area contributed by atoms with Crippen LogP contribution in [0.4, 0.5) is 14.5 Å². The van der Waals surface area contributed by atoms with Gasteiger partial charge >= 0.3 is 0 Å². The molecule has 0 aromatic heterocycles. The number of aliphatic hydroxyl groups excluding tert-OH is 3. The van der Waals surface area contributed by atoms with Crippen molar-refractivity contribution in [1.29, 1.82) is 0 Å². The molecule has 0 heterocycles. The first-order valence-electron chi connectivity index (χ1n) is 4.18. The van der Waals surface area contributed by atoms with Crippen LogP contribution in [0.1, 0.15) is 11.7 Å². The van der Waals surface area contributed by atoms with Gasteiger partial charge in [-0.3, -0.25) is 0 Å². The zero-order valence-corrected chi connectivity index (χ0v) is 7.69.